The third-order valence-electron chi connectivity index (χ3n) is 3.24. The van der Waals surface area contributed by atoms with E-state index in [0.29, 0.717) is 0 Å². The molecule has 0 aliphatic rings. The van der Waals surface area contributed by atoms with Gasteiger partial charge in [-0.15, -0.1) is 0 Å². The molecule has 1 aromatic rings. The lowest BCUT2D eigenvalue weighted by Crippen LogP contribution is -2.17. The van der Waals surface area contributed by atoms with Crippen molar-refractivity contribution < 1.29 is 4.74 Å². The zero-order chi connectivity index (χ0) is 13.4. The molecule has 0 saturated carbocycles. The van der Waals surface area contributed by atoms with Crippen molar-refractivity contribution in [2.45, 2.75) is 33.2 Å². The Morgan fingerprint density at radius 2 is 1.72 bits per heavy atom. The molecule has 18 heavy (non-hydrogen) atoms. The van der Waals surface area contributed by atoms with Gasteiger partial charge in [0.05, 0.1) is 7.11 Å². The van der Waals surface area contributed by atoms with Crippen LogP contribution in [0.2, 0.25) is 0 Å². The predicted molar refractivity (Wildman–Crippen MR) is 77.3 cm³/mol. The fraction of sp³-hybridized carbons (Fsp3) is 0.600. The number of methoxy groups -OCH3 is 1. The standard InChI is InChI=1S/C15H26N2O/c1-12-9-14(15(18-4)10-13(12)2)11-17-8-6-5-7-16-3/h9-10,16-17H,5-8,11H2,1-4H3. The number of aryl methyl sites for hydroxylation is 2. The monoisotopic (exact) mass is 250 g/mol. The fourth-order valence-corrected chi connectivity index (χ4v) is 1.95. The van der Waals surface area contributed by atoms with Crippen LogP contribution >= 0.6 is 0 Å². The number of hydrogen-bond donors (Lipinski definition) is 2. The average molecular weight is 250 g/mol. The van der Waals surface area contributed by atoms with Crippen LogP contribution in [0.4, 0.5) is 0 Å². The van der Waals surface area contributed by atoms with Gasteiger partial charge < -0.3 is 15.4 Å². The lowest BCUT2D eigenvalue weighted by atomic mass is 10.0. The van der Waals surface area contributed by atoms with Crippen LogP contribution < -0.4 is 15.4 Å². The van der Waals surface area contributed by atoms with E-state index in [1.54, 1.807) is 7.11 Å². The summed E-state index contributed by atoms with van der Waals surface area (Å²) in [6.45, 7) is 7.29. The van der Waals surface area contributed by atoms with Gasteiger partial charge in [0.2, 0.25) is 0 Å². The second kappa shape index (κ2) is 8.11. The molecule has 0 aliphatic carbocycles. The van der Waals surface area contributed by atoms with Gasteiger partial charge in [-0.1, -0.05) is 6.07 Å². The Hall–Kier alpha value is -1.06. The Bertz CT molecular complexity index is 364. The van der Waals surface area contributed by atoms with Crippen molar-refractivity contribution >= 4 is 0 Å². The van der Waals surface area contributed by atoms with E-state index < -0.39 is 0 Å². The van der Waals surface area contributed by atoms with Gasteiger partial charge in [-0.05, 0) is 64.0 Å². The zero-order valence-electron chi connectivity index (χ0n) is 12.1. The van der Waals surface area contributed by atoms with Crippen LogP contribution in [0, 0.1) is 13.8 Å². The van der Waals surface area contributed by atoms with Crippen LogP contribution in [-0.4, -0.2) is 27.2 Å². The van der Waals surface area contributed by atoms with Crippen molar-refractivity contribution in [2.24, 2.45) is 0 Å². The predicted octanol–water partition coefficient (Wildman–Crippen LogP) is 2.40. The Balaban J connectivity index is 2.43. The molecule has 0 aliphatic heterocycles. The Morgan fingerprint density at radius 3 is 2.39 bits per heavy atom. The molecule has 0 heterocycles. The molecule has 0 fully saturated rings. The summed E-state index contributed by atoms with van der Waals surface area (Å²) >= 11 is 0. The highest BCUT2D eigenvalue weighted by molar-refractivity contribution is 5.41. The van der Waals surface area contributed by atoms with Crippen molar-refractivity contribution in [3.05, 3.63) is 28.8 Å². The van der Waals surface area contributed by atoms with Crippen molar-refractivity contribution in [2.75, 3.05) is 27.2 Å². The molecule has 102 valence electrons. The summed E-state index contributed by atoms with van der Waals surface area (Å²) in [5, 5.41) is 6.63. The first kappa shape index (κ1) is 15.0. The molecule has 2 N–H and O–H groups in total. The summed E-state index contributed by atoms with van der Waals surface area (Å²) in [5.74, 6) is 0.987. The van der Waals surface area contributed by atoms with Crippen LogP contribution in [0.1, 0.15) is 29.5 Å². The van der Waals surface area contributed by atoms with Crippen LogP contribution in [-0.2, 0) is 6.54 Å². The maximum Gasteiger partial charge on any atom is 0.123 e. The summed E-state index contributed by atoms with van der Waals surface area (Å²) in [5.41, 5.74) is 3.85. The van der Waals surface area contributed by atoms with E-state index in [9.17, 15) is 0 Å². The van der Waals surface area contributed by atoms with Crippen LogP contribution in [0.15, 0.2) is 12.1 Å². The van der Waals surface area contributed by atoms with Gasteiger partial charge in [-0.2, -0.15) is 0 Å². The van der Waals surface area contributed by atoms with Gasteiger partial charge in [-0.3, -0.25) is 0 Å². The summed E-state index contributed by atoms with van der Waals surface area (Å²) in [7, 11) is 3.73. The average Bonchev–Trinajstić information content (AvgIpc) is 2.37. The number of benzene rings is 1. The molecular weight excluding hydrogens is 224 g/mol. The SMILES string of the molecule is CNCCCCNCc1cc(C)c(C)cc1OC. The third kappa shape index (κ3) is 4.67. The van der Waals surface area contributed by atoms with Crippen molar-refractivity contribution in [3.63, 3.8) is 0 Å². The summed E-state index contributed by atoms with van der Waals surface area (Å²) in [6, 6.07) is 4.34. The van der Waals surface area contributed by atoms with E-state index in [-0.39, 0.29) is 0 Å². The summed E-state index contributed by atoms with van der Waals surface area (Å²) in [4.78, 5) is 0. The first-order valence-corrected chi connectivity index (χ1v) is 6.68. The van der Waals surface area contributed by atoms with Crippen molar-refractivity contribution in [1.29, 1.82) is 0 Å². The maximum absolute atomic E-state index is 5.43. The molecule has 3 heteroatoms. The molecule has 0 spiro atoms. The lowest BCUT2D eigenvalue weighted by Gasteiger charge is -2.12. The topological polar surface area (TPSA) is 33.3 Å². The van der Waals surface area contributed by atoms with E-state index >= 15 is 0 Å². The quantitative estimate of drug-likeness (QED) is 0.695. The molecular formula is C15H26N2O. The largest absolute Gasteiger partial charge is 0.496 e. The Kier molecular flexibility index (Phi) is 6.76. The minimum Gasteiger partial charge on any atom is -0.496 e. The first-order chi connectivity index (χ1) is 8.69. The highest BCUT2D eigenvalue weighted by atomic mass is 16.5. The lowest BCUT2D eigenvalue weighted by molar-refractivity contribution is 0.407. The summed E-state index contributed by atoms with van der Waals surface area (Å²) < 4.78 is 5.43. The van der Waals surface area contributed by atoms with Crippen LogP contribution in [0.3, 0.4) is 0 Å². The van der Waals surface area contributed by atoms with E-state index in [2.05, 4.69) is 36.6 Å². The molecule has 0 radical (unpaired) electrons. The Labute approximate surface area is 111 Å². The van der Waals surface area contributed by atoms with Crippen LogP contribution in [0.5, 0.6) is 5.75 Å². The van der Waals surface area contributed by atoms with E-state index in [0.717, 1.165) is 25.4 Å². The zero-order valence-corrected chi connectivity index (χ0v) is 12.1. The number of unbranched alkanes of at least 4 members (excludes halogenated alkanes) is 1. The second-order valence-corrected chi connectivity index (χ2v) is 4.74. The number of rotatable bonds is 8. The molecule has 0 amide bonds. The van der Waals surface area contributed by atoms with Gasteiger partial charge in [0, 0.05) is 12.1 Å². The minimum atomic E-state index is 0.879. The van der Waals surface area contributed by atoms with Crippen molar-refractivity contribution in [3.8, 4) is 5.75 Å². The molecule has 0 atom stereocenters. The molecule has 0 bridgehead atoms. The molecule has 0 saturated heterocycles. The first-order valence-electron chi connectivity index (χ1n) is 6.68. The third-order valence-corrected chi connectivity index (χ3v) is 3.24. The maximum atomic E-state index is 5.43. The van der Waals surface area contributed by atoms with Gasteiger partial charge in [-0.25, -0.2) is 0 Å². The van der Waals surface area contributed by atoms with E-state index in [1.807, 2.05) is 7.05 Å². The molecule has 0 unspecified atom stereocenters. The number of hydrogen-bond acceptors (Lipinski definition) is 3. The van der Waals surface area contributed by atoms with Gasteiger partial charge in [0.1, 0.15) is 5.75 Å². The van der Waals surface area contributed by atoms with E-state index in [4.69, 9.17) is 4.74 Å². The van der Waals surface area contributed by atoms with Gasteiger partial charge >= 0.3 is 0 Å². The van der Waals surface area contributed by atoms with Gasteiger partial charge in [0.15, 0.2) is 0 Å². The van der Waals surface area contributed by atoms with E-state index in [1.165, 1.54) is 29.5 Å². The number of ether oxygens (including phenoxy) is 1. The molecule has 1 aromatic carbocycles. The Morgan fingerprint density at radius 1 is 1.06 bits per heavy atom. The fourth-order valence-electron chi connectivity index (χ4n) is 1.95. The highest BCUT2D eigenvalue weighted by Crippen LogP contribution is 2.22. The minimum absolute atomic E-state index is 0.879. The highest BCUT2D eigenvalue weighted by Gasteiger charge is 2.05. The number of nitrogens with one attached hydrogen (secondary N) is 2. The van der Waals surface area contributed by atoms with Gasteiger partial charge in [0.25, 0.3) is 0 Å². The molecule has 0 aromatic heterocycles. The summed E-state index contributed by atoms with van der Waals surface area (Å²) in [6.07, 6.45) is 2.42. The molecule has 1 rings (SSSR count). The molecule has 3 nitrogen and oxygen atoms in total. The normalized spacial score (nSPS) is 10.7. The van der Waals surface area contributed by atoms with Crippen molar-refractivity contribution in [1.82, 2.24) is 10.6 Å². The second-order valence-electron chi connectivity index (χ2n) is 4.74. The smallest absolute Gasteiger partial charge is 0.123 e. The van der Waals surface area contributed by atoms with Crippen LogP contribution in [0.25, 0.3) is 0 Å².